The highest BCUT2D eigenvalue weighted by atomic mass is 35.5. The number of rotatable bonds is 7. The summed E-state index contributed by atoms with van der Waals surface area (Å²) < 4.78 is 36.1. The lowest BCUT2D eigenvalue weighted by molar-refractivity contribution is -0.114. The van der Waals surface area contributed by atoms with Gasteiger partial charge in [0.15, 0.2) is 0 Å². The number of benzene rings is 2. The predicted molar refractivity (Wildman–Crippen MR) is 111 cm³/mol. The molecule has 0 aliphatic rings. The SMILES string of the molecule is COc1cc(NC(=O)CN(c2ccc(C)cc2C)S(C)(=O)=O)c(OC)cc1Cl. The highest BCUT2D eigenvalue weighted by molar-refractivity contribution is 7.92. The third-order valence-corrected chi connectivity index (χ3v) is 5.48. The summed E-state index contributed by atoms with van der Waals surface area (Å²) in [5.74, 6) is 0.150. The third kappa shape index (κ3) is 5.08. The van der Waals surface area contributed by atoms with Crippen LogP contribution in [0.3, 0.4) is 0 Å². The van der Waals surface area contributed by atoms with Crippen molar-refractivity contribution in [1.29, 1.82) is 0 Å². The van der Waals surface area contributed by atoms with Crippen LogP contribution in [0, 0.1) is 13.8 Å². The zero-order valence-electron chi connectivity index (χ0n) is 16.4. The van der Waals surface area contributed by atoms with Crippen LogP contribution in [-0.2, 0) is 14.8 Å². The highest BCUT2D eigenvalue weighted by Gasteiger charge is 2.23. The van der Waals surface area contributed by atoms with Crippen molar-refractivity contribution >= 4 is 38.9 Å². The van der Waals surface area contributed by atoms with Gasteiger partial charge in [0, 0.05) is 12.1 Å². The number of hydrogen-bond acceptors (Lipinski definition) is 5. The van der Waals surface area contributed by atoms with E-state index in [1.165, 1.54) is 26.4 Å². The fraction of sp³-hybridized carbons (Fsp3) is 0.316. The molecule has 1 amide bonds. The van der Waals surface area contributed by atoms with E-state index in [0.29, 0.717) is 27.9 Å². The molecule has 0 unspecified atom stereocenters. The van der Waals surface area contributed by atoms with Gasteiger partial charge in [-0.25, -0.2) is 8.42 Å². The molecule has 0 spiro atoms. The fourth-order valence-electron chi connectivity index (χ4n) is 2.74. The van der Waals surface area contributed by atoms with Crippen molar-refractivity contribution in [2.45, 2.75) is 13.8 Å². The predicted octanol–water partition coefficient (Wildman–Crippen LogP) is 3.38. The topological polar surface area (TPSA) is 84.9 Å². The molecule has 0 aromatic heterocycles. The highest BCUT2D eigenvalue weighted by Crippen LogP contribution is 2.36. The number of methoxy groups -OCH3 is 2. The Morgan fingerprint density at radius 3 is 2.29 bits per heavy atom. The molecule has 152 valence electrons. The minimum absolute atomic E-state index is 0.322. The number of nitrogens with zero attached hydrogens (tertiary/aromatic N) is 1. The molecule has 0 aliphatic heterocycles. The van der Waals surface area contributed by atoms with E-state index in [0.717, 1.165) is 21.7 Å². The minimum Gasteiger partial charge on any atom is -0.495 e. The third-order valence-electron chi connectivity index (χ3n) is 4.06. The number of amides is 1. The Balaban J connectivity index is 2.33. The van der Waals surface area contributed by atoms with Crippen LogP contribution in [-0.4, -0.2) is 41.3 Å². The number of hydrogen-bond donors (Lipinski definition) is 1. The van der Waals surface area contributed by atoms with Gasteiger partial charge in [0.2, 0.25) is 15.9 Å². The number of anilines is 2. The van der Waals surface area contributed by atoms with Gasteiger partial charge in [-0.15, -0.1) is 0 Å². The first kappa shape index (κ1) is 21.8. The van der Waals surface area contributed by atoms with Crippen LogP contribution < -0.4 is 19.1 Å². The number of carbonyl (C=O) groups is 1. The monoisotopic (exact) mass is 426 g/mol. The van der Waals surface area contributed by atoms with E-state index >= 15 is 0 Å². The van der Waals surface area contributed by atoms with Crippen molar-refractivity contribution in [3.05, 3.63) is 46.5 Å². The Morgan fingerprint density at radius 2 is 1.75 bits per heavy atom. The van der Waals surface area contributed by atoms with Crippen LogP contribution in [0.15, 0.2) is 30.3 Å². The lowest BCUT2D eigenvalue weighted by atomic mass is 10.1. The van der Waals surface area contributed by atoms with Crippen LogP contribution in [0.4, 0.5) is 11.4 Å². The molecular formula is C19H23ClN2O5S. The first-order chi connectivity index (χ1) is 13.1. The second-order valence-corrected chi connectivity index (χ2v) is 8.61. The van der Waals surface area contributed by atoms with Crippen molar-refractivity contribution < 1.29 is 22.7 Å². The second-order valence-electron chi connectivity index (χ2n) is 6.29. The zero-order chi connectivity index (χ0) is 21.1. The van der Waals surface area contributed by atoms with E-state index in [-0.39, 0.29) is 0 Å². The molecule has 28 heavy (non-hydrogen) atoms. The summed E-state index contributed by atoms with van der Waals surface area (Å²) in [6.07, 6.45) is 1.06. The normalized spacial score (nSPS) is 11.1. The Hall–Kier alpha value is -2.45. The second kappa shape index (κ2) is 8.70. The van der Waals surface area contributed by atoms with Crippen molar-refractivity contribution in [2.24, 2.45) is 0 Å². The summed E-state index contributed by atoms with van der Waals surface area (Å²) >= 11 is 6.07. The molecule has 2 rings (SSSR count). The quantitative estimate of drug-likeness (QED) is 0.733. The van der Waals surface area contributed by atoms with Gasteiger partial charge in [-0.2, -0.15) is 0 Å². The number of halogens is 1. The van der Waals surface area contributed by atoms with E-state index in [1.807, 2.05) is 13.0 Å². The van der Waals surface area contributed by atoms with Crippen LogP contribution in [0.1, 0.15) is 11.1 Å². The van der Waals surface area contributed by atoms with Gasteiger partial charge in [0.25, 0.3) is 0 Å². The molecule has 0 fully saturated rings. The Labute approximate surface area is 170 Å². The lowest BCUT2D eigenvalue weighted by Gasteiger charge is -2.24. The molecule has 0 heterocycles. The van der Waals surface area contributed by atoms with Gasteiger partial charge in [0.05, 0.1) is 36.9 Å². The van der Waals surface area contributed by atoms with Gasteiger partial charge in [-0.1, -0.05) is 29.3 Å². The summed E-state index contributed by atoms with van der Waals surface area (Å²) in [5, 5.41) is 2.98. The molecule has 0 radical (unpaired) electrons. The van der Waals surface area contributed by atoms with E-state index in [1.54, 1.807) is 19.1 Å². The molecule has 0 atom stereocenters. The Morgan fingerprint density at radius 1 is 1.11 bits per heavy atom. The average Bonchev–Trinajstić information content (AvgIpc) is 2.60. The summed E-state index contributed by atoms with van der Waals surface area (Å²) in [6, 6.07) is 8.37. The van der Waals surface area contributed by atoms with Gasteiger partial charge in [-0.05, 0) is 25.5 Å². The van der Waals surface area contributed by atoms with Crippen LogP contribution >= 0.6 is 11.6 Å². The molecule has 0 saturated heterocycles. The molecule has 9 heteroatoms. The first-order valence-corrected chi connectivity index (χ1v) is 10.6. The molecule has 0 saturated carbocycles. The number of aryl methyl sites for hydroxylation is 2. The van der Waals surface area contributed by atoms with Crippen molar-refractivity contribution in [1.82, 2.24) is 0 Å². The van der Waals surface area contributed by atoms with E-state index < -0.39 is 22.5 Å². The van der Waals surface area contributed by atoms with Gasteiger partial charge in [-0.3, -0.25) is 9.10 Å². The molecule has 1 N–H and O–H groups in total. The maximum absolute atomic E-state index is 12.6. The Kier molecular flexibility index (Phi) is 6.79. The van der Waals surface area contributed by atoms with E-state index in [4.69, 9.17) is 21.1 Å². The summed E-state index contributed by atoms with van der Waals surface area (Å²) in [5.41, 5.74) is 2.52. The summed E-state index contributed by atoms with van der Waals surface area (Å²) in [4.78, 5) is 12.6. The molecule has 2 aromatic carbocycles. The van der Waals surface area contributed by atoms with Crippen LogP contribution in [0.2, 0.25) is 5.02 Å². The van der Waals surface area contributed by atoms with Gasteiger partial charge in [0.1, 0.15) is 18.0 Å². The molecule has 7 nitrogen and oxygen atoms in total. The van der Waals surface area contributed by atoms with Crippen molar-refractivity contribution in [3.8, 4) is 11.5 Å². The summed E-state index contributed by atoms with van der Waals surface area (Å²) in [7, 11) is -0.794. The summed E-state index contributed by atoms with van der Waals surface area (Å²) in [6.45, 7) is 3.32. The number of ether oxygens (including phenoxy) is 2. The molecule has 0 aliphatic carbocycles. The number of nitrogens with one attached hydrogen (secondary N) is 1. The zero-order valence-corrected chi connectivity index (χ0v) is 17.9. The number of sulfonamides is 1. The van der Waals surface area contributed by atoms with Gasteiger partial charge < -0.3 is 14.8 Å². The molecule has 0 bridgehead atoms. The molecular weight excluding hydrogens is 404 g/mol. The van der Waals surface area contributed by atoms with Crippen LogP contribution in [0.25, 0.3) is 0 Å². The van der Waals surface area contributed by atoms with E-state index in [9.17, 15) is 13.2 Å². The van der Waals surface area contributed by atoms with E-state index in [2.05, 4.69) is 5.32 Å². The maximum atomic E-state index is 12.6. The smallest absolute Gasteiger partial charge is 0.245 e. The first-order valence-electron chi connectivity index (χ1n) is 8.33. The number of carbonyl (C=O) groups excluding carboxylic acids is 1. The van der Waals surface area contributed by atoms with Gasteiger partial charge >= 0.3 is 0 Å². The Bertz CT molecular complexity index is 992. The van der Waals surface area contributed by atoms with Crippen molar-refractivity contribution in [2.75, 3.05) is 36.6 Å². The van der Waals surface area contributed by atoms with Crippen LogP contribution in [0.5, 0.6) is 11.5 Å². The fourth-order valence-corrected chi connectivity index (χ4v) is 3.89. The average molecular weight is 427 g/mol. The molecule has 2 aromatic rings. The minimum atomic E-state index is -3.68. The standard InChI is InChI=1S/C19H23ClN2O5S/c1-12-6-7-16(13(2)8-12)22(28(5,24)25)11-19(23)21-15-10-17(26-3)14(20)9-18(15)27-4/h6-10H,11H2,1-5H3,(H,21,23). The maximum Gasteiger partial charge on any atom is 0.245 e. The largest absolute Gasteiger partial charge is 0.495 e. The lowest BCUT2D eigenvalue weighted by Crippen LogP contribution is -2.37. The van der Waals surface area contributed by atoms with Crippen molar-refractivity contribution in [3.63, 3.8) is 0 Å².